The Hall–Kier alpha value is -8.41. The zero-order valence-corrected chi connectivity index (χ0v) is 41.4. The Morgan fingerprint density at radius 3 is 1.44 bits per heavy atom. The van der Waals surface area contributed by atoms with Crippen molar-refractivity contribution in [3.05, 3.63) is 209 Å². The second-order valence-corrected chi connectivity index (χ2v) is 16.9. The first-order valence-electron chi connectivity index (χ1n) is 22.6. The summed E-state index contributed by atoms with van der Waals surface area (Å²) in [6.45, 7) is 5.07. The minimum Gasteiger partial charge on any atom is -0.476 e. The van der Waals surface area contributed by atoms with E-state index in [0.717, 1.165) is 63.2 Å². The molecule has 0 aliphatic carbocycles. The van der Waals surface area contributed by atoms with E-state index in [0.29, 0.717) is 36.2 Å². The molecule has 0 amide bonds. The molecule has 1 atom stereocenters. The number of ether oxygens (including phenoxy) is 2. The number of benzene rings is 3. The van der Waals surface area contributed by atoms with Crippen LogP contribution >= 0.6 is 28.3 Å². The highest BCUT2D eigenvalue weighted by Gasteiger charge is 2.23. The largest absolute Gasteiger partial charge is 0.476 e. The number of carbonyl (C=O) groups excluding carboxylic acids is 2. The van der Waals surface area contributed by atoms with Gasteiger partial charge >= 0.3 is 23.9 Å². The van der Waals surface area contributed by atoms with E-state index in [2.05, 4.69) is 48.0 Å². The number of aromatic carboxylic acids is 2. The number of rotatable bonds is 9. The number of pyridine rings is 3. The third-order valence-electron chi connectivity index (χ3n) is 11.2. The molecule has 8 heterocycles. The third-order valence-corrected chi connectivity index (χ3v) is 11.7. The van der Waals surface area contributed by atoms with Crippen LogP contribution in [-0.2, 0) is 22.4 Å². The van der Waals surface area contributed by atoms with Crippen LogP contribution < -0.4 is 0 Å². The third kappa shape index (κ3) is 12.7. The fraction of sp³-hybridized carbons (Fsp3) is 0.148. The van der Waals surface area contributed by atoms with Crippen LogP contribution in [-0.4, -0.2) is 85.0 Å². The normalized spacial score (nSPS) is 12.4. The van der Waals surface area contributed by atoms with Gasteiger partial charge in [-0.1, -0.05) is 91.0 Å². The molecular weight excluding hydrogens is 1000 g/mol. The van der Waals surface area contributed by atoms with Gasteiger partial charge in [-0.25, -0.2) is 39.1 Å². The van der Waals surface area contributed by atoms with Gasteiger partial charge < -0.3 is 37.5 Å². The average molecular weight is 1050 g/mol. The smallest absolute Gasteiger partial charge is 0.358 e. The zero-order valence-electron chi connectivity index (χ0n) is 39.0. The molecule has 0 bridgehead atoms. The summed E-state index contributed by atoms with van der Waals surface area (Å²) in [6, 6.07) is 41.7. The molecule has 1 aliphatic rings. The number of fused-ring (bicyclic) bond motifs is 4. The summed E-state index contributed by atoms with van der Waals surface area (Å²) in [6.07, 6.45) is 14.1. The Balaban J connectivity index is 0.000000141. The fourth-order valence-corrected chi connectivity index (χ4v) is 8.16. The summed E-state index contributed by atoms with van der Waals surface area (Å²) < 4.78 is 18.1. The SMILES string of the molecule is CCOC(=O)c1cn2cc(-c3ccccc3)ccc2n1.CCOC(=O)c1cn2cc(Br)ccc2n1.Cl.O=C(O)c1cn2c(n1)CCC(c1ccccc1)C2.O=C(O)c1cn2cc(-c3ccccc3)ccc2n1. The lowest BCUT2D eigenvalue weighted by atomic mass is 9.92. The molecule has 0 saturated heterocycles. The maximum Gasteiger partial charge on any atom is 0.358 e. The van der Waals surface area contributed by atoms with E-state index in [-0.39, 0.29) is 23.8 Å². The first-order valence-corrected chi connectivity index (χ1v) is 23.4. The summed E-state index contributed by atoms with van der Waals surface area (Å²) in [5.41, 5.74) is 8.58. The number of aromatic nitrogens is 8. The molecule has 0 spiro atoms. The number of imidazole rings is 4. The van der Waals surface area contributed by atoms with Crippen LogP contribution in [0.4, 0.5) is 0 Å². The molecule has 0 fully saturated rings. The minimum atomic E-state index is -1.01. The van der Waals surface area contributed by atoms with Gasteiger partial charge in [0.25, 0.3) is 0 Å². The number of carbonyl (C=O) groups is 4. The lowest BCUT2D eigenvalue weighted by Crippen LogP contribution is -2.18. The predicted octanol–water partition coefficient (Wildman–Crippen LogP) is 10.9. The molecule has 18 heteroatoms. The summed E-state index contributed by atoms with van der Waals surface area (Å²) in [4.78, 5) is 61.4. The second-order valence-electron chi connectivity index (χ2n) is 16.0. The number of hydrogen-bond acceptors (Lipinski definition) is 10. The summed E-state index contributed by atoms with van der Waals surface area (Å²) in [7, 11) is 0. The molecule has 11 rings (SSSR count). The number of halogens is 2. The Morgan fingerprint density at radius 1 is 0.528 bits per heavy atom. The number of hydrogen-bond donors (Lipinski definition) is 2. The summed E-state index contributed by atoms with van der Waals surface area (Å²) in [5.74, 6) is -1.41. The van der Waals surface area contributed by atoms with Crippen molar-refractivity contribution in [2.75, 3.05) is 13.2 Å². The molecule has 10 aromatic rings. The lowest BCUT2D eigenvalue weighted by molar-refractivity contribution is 0.0511. The van der Waals surface area contributed by atoms with Crippen LogP contribution in [0.2, 0.25) is 0 Å². The van der Waals surface area contributed by atoms with E-state index < -0.39 is 23.9 Å². The Labute approximate surface area is 427 Å². The molecule has 0 radical (unpaired) electrons. The second kappa shape index (κ2) is 23.9. The predicted molar refractivity (Wildman–Crippen MR) is 277 cm³/mol. The van der Waals surface area contributed by atoms with Crippen LogP contribution in [0.3, 0.4) is 0 Å². The first-order chi connectivity index (χ1) is 34.5. The van der Waals surface area contributed by atoms with E-state index >= 15 is 0 Å². The van der Waals surface area contributed by atoms with Crippen LogP contribution in [0.15, 0.2) is 175 Å². The monoisotopic (exact) mass is 1050 g/mol. The van der Waals surface area contributed by atoms with Gasteiger partial charge in [0.05, 0.1) is 13.2 Å². The maximum absolute atomic E-state index is 11.7. The summed E-state index contributed by atoms with van der Waals surface area (Å²) in [5, 5.41) is 17.8. The molecule has 72 heavy (non-hydrogen) atoms. The standard InChI is InChI=1S/C16H14N2O2.C14H14N2O2.C14H10N2O2.C10H9BrN2O2.ClH/c1-2-20-16(19)14-11-18-10-13(8-9-15(18)17-14)12-6-4-3-5-7-12;2*17-14(18)12-9-16-8-11(6-7-13(16)15-12)10-4-2-1-3-5-10;1-2-15-10(14)8-6-13-5-7(11)3-4-9(13)12-8;/h3-11H,2H2,1H3;1-5,9,11H,6-8H2,(H,17,18);1-9H,(H,17,18);3-6H,2H2,1H3;1H. The maximum atomic E-state index is 11.7. The molecule has 1 aliphatic heterocycles. The van der Waals surface area contributed by atoms with Crippen molar-refractivity contribution in [3.8, 4) is 22.3 Å². The highest BCUT2D eigenvalue weighted by Crippen LogP contribution is 2.29. The Bertz CT molecular complexity index is 3470. The molecular formula is C54H48BrClN8O8. The van der Waals surface area contributed by atoms with Gasteiger partial charge in [-0.15, -0.1) is 12.4 Å². The topological polar surface area (TPSA) is 197 Å². The van der Waals surface area contributed by atoms with Gasteiger partial charge in [-0.3, -0.25) is 0 Å². The van der Waals surface area contributed by atoms with Crippen molar-refractivity contribution >= 4 is 69.2 Å². The van der Waals surface area contributed by atoms with Crippen molar-refractivity contribution in [1.82, 2.24) is 37.7 Å². The highest BCUT2D eigenvalue weighted by atomic mass is 79.9. The molecule has 0 saturated carbocycles. The van der Waals surface area contributed by atoms with E-state index in [9.17, 15) is 19.2 Å². The number of carboxylic acids is 2. The average Bonchev–Trinajstić information content (AvgIpc) is 4.22. The number of nitrogens with zero attached hydrogens (tertiary/aromatic N) is 8. The number of esters is 2. The molecule has 3 aromatic carbocycles. The first kappa shape index (κ1) is 51.4. The van der Waals surface area contributed by atoms with Crippen LogP contribution in [0.25, 0.3) is 39.2 Å². The van der Waals surface area contributed by atoms with E-state index in [4.69, 9.17) is 19.7 Å². The fourth-order valence-electron chi connectivity index (χ4n) is 7.81. The van der Waals surface area contributed by atoms with E-state index in [1.807, 2.05) is 143 Å². The number of aryl methyl sites for hydroxylation is 1. The van der Waals surface area contributed by atoms with Crippen LogP contribution in [0.1, 0.15) is 79.5 Å². The van der Waals surface area contributed by atoms with Crippen LogP contribution in [0.5, 0.6) is 0 Å². The minimum absolute atomic E-state index is 0. The molecule has 2 N–H and O–H groups in total. The Morgan fingerprint density at radius 2 is 0.958 bits per heavy atom. The summed E-state index contributed by atoms with van der Waals surface area (Å²) >= 11 is 3.34. The lowest BCUT2D eigenvalue weighted by Gasteiger charge is -2.23. The van der Waals surface area contributed by atoms with Crippen LogP contribution in [0, 0.1) is 0 Å². The highest BCUT2D eigenvalue weighted by molar-refractivity contribution is 9.10. The van der Waals surface area contributed by atoms with Crippen molar-refractivity contribution < 1.29 is 38.9 Å². The quantitative estimate of drug-likeness (QED) is 0.130. The molecule has 7 aromatic heterocycles. The van der Waals surface area contributed by atoms with Crippen molar-refractivity contribution in [1.29, 1.82) is 0 Å². The van der Waals surface area contributed by atoms with Gasteiger partial charge in [-0.05, 0) is 100 Å². The Kier molecular flexibility index (Phi) is 17.1. The van der Waals surface area contributed by atoms with Gasteiger partial charge in [0, 0.05) is 66.7 Å². The zero-order chi connectivity index (χ0) is 49.9. The van der Waals surface area contributed by atoms with Gasteiger partial charge in [0.2, 0.25) is 0 Å². The van der Waals surface area contributed by atoms with Crippen molar-refractivity contribution in [3.63, 3.8) is 0 Å². The molecule has 16 nitrogen and oxygen atoms in total. The van der Waals surface area contributed by atoms with Gasteiger partial charge in [-0.2, -0.15) is 0 Å². The van der Waals surface area contributed by atoms with Gasteiger partial charge in [0.15, 0.2) is 22.8 Å². The van der Waals surface area contributed by atoms with Crippen molar-refractivity contribution in [2.24, 2.45) is 0 Å². The number of carboxylic acid groups (broad SMARTS) is 2. The molecule has 366 valence electrons. The van der Waals surface area contributed by atoms with E-state index in [1.54, 1.807) is 41.2 Å². The van der Waals surface area contributed by atoms with Crippen molar-refractivity contribution in [2.45, 2.75) is 39.2 Å². The molecule has 1 unspecified atom stereocenters. The van der Waals surface area contributed by atoms with E-state index in [1.165, 1.54) is 11.8 Å². The van der Waals surface area contributed by atoms with Gasteiger partial charge in [0.1, 0.15) is 22.8 Å².